The van der Waals surface area contributed by atoms with Crippen LogP contribution in [0.5, 0.6) is 5.75 Å². The summed E-state index contributed by atoms with van der Waals surface area (Å²) in [6, 6.07) is 1.46. The fourth-order valence-electron chi connectivity index (χ4n) is 2.39. The van der Waals surface area contributed by atoms with E-state index in [4.69, 9.17) is 0 Å². The van der Waals surface area contributed by atoms with Gasteiger partial charge in [0.05, 0.1) is 4.92 Å². The Morgan fingerprint density at radius 2 is 1.72 bits per heavy atom. The molecule has 0 fully saturated rings. The topological polar surface area (TPSA) is 102 Å². The molecule has 32 heavy (non-hydrogen) atoms. The molecule has 2 aromatic rings. The molecule has 7 nitrogen and oxygen atoms in total. The van der Waals surface area contributed by atoms with Gasteiger partial charge in [0.15, 0.2) is 28.8 Å². The molecule has 0 saturated carbocycles. The number of rotatable bonds is 6. The lowest BCUT2D eigenvalue weighted by Crippen LogP contribution is -2.45. The third-order valence-corrected chi connectivity index (χ3v) is 4.19. The predicted molar refractivity (Wildman–Crippen MR) is 93.9 cm³/mol. The first-order valence-electron chi connectivity index (χ1n) is 8.42. The van der Waals surface area contributed by atoms with E-state index in [9.17, 15) is 50.7 Å². The molecule has 2 aromatic carbocycles. The Hall–Kier alpha value is -3.42. The highest BCUT2D eigenvalue weighted by molar-refractivity contribution is 5.97. The van der Waals surface area contributed by atoms with Crippen LogP contribution in [-0.2, 0) is 11.0 Å². The molecular formula is C18H13F7N2O5. The van der Waals surface area contributed by atoms with E-state index < -0.39 is 80.7 Å². The second-order valence-corrected chi connectivity index (χ2v) is 6.71. The molecule has 2 rings (SSSR count). The Balaban J connectivity index is 2.25. The van der Waals surface area contributed by atoms with Crippen molar-refractivity contribution in [2.75, 3.05) is 11.9 Å². The summed E-state index contributed by atoms with van der Waals surface area (Å²) in [6.07, 6.45) is -5.14. The maximum absolute atomic E-state index is 14.0. The van der Waals surface area contributed by atoms with Gasteiger partial charge in [0.2, 0.25) is 5.82 Å². The molecule has 0 spiro atoms. The van der Waals surface area contributed by atoms with E-state index in [0.717, 1.165) is 19.9 Å². The van der Waals surface area contributed by atoms with Gasteiger partial charge in [0.25, 0.3) is 11.6 Å². The van der Waals surface area contributed by atoms with Crippen LogP contribution in [0, 0.1) is 40.3 Å². The number of nitrogens with one attached hydrogen (secondary N) is 1. The quantitative estimate of drug-likeness (QED) is 0.216. The summed E-state index contributed by atoms with van der Waals surface area (Å²) in [5, 5.41) is 22.8. The normalized spacial score (nSPS) is 13.4. The molecule has 2 N–H and O–H groups in total. The van der Waals surface area contributed by atoms with Crippen molar-refractivity contribution in [3.05, 3.63) is 62.7 Å². The number of benzene rings is 2. The number of carbonyl (C=O) groups excluding carboxylic acids is 1. The molecule has 14 heteroatoms. The first kappa shape index (κ1) is 24.8. The first-order valence-corrected chi connectivity index (χ1v) is 8.42. The second kappa shape index (κ2) is 8.61. The molecule has 0 aliphatic carbocycles. The van der Waals surface area contributed by atoms with Crippen LogP contribution in [0.3, 0.4) is 0 Å². The number of aliphatic hydroxyl groups is 1. The monoisotopic (exact) mass is 470 g/mol. The second-order valence-electron chi connectivity index (χ2n) is 6.71. The van der Waals surface area contributed by atoms with E-state index in [2.05, 4.69) is 4.74 Å². The maximum Gasteiger partial charge on any atom is 0.423 e. The van der Waals surface area contributed by atoms with Crippen LogP contribution in [0.1, 0.15) is 18.1 Å². The fraction of sp³-hybridized carbons (Fsp3) is 0.278. The molecule has 0 aliphatic heterocycles. The van der Waals surface area contributed by atoms with E-state index in [1.54, 1.807) is 0 Å². The fourth-order valence-corrected chi connectivity index (χ4v) is 2.39. The zero-order valence-corrected chi connectivity index (χ0v) is 16.1. The highest BCUT2D eigenvalue weighted by atomic mass is 19.4. The number of halogens is 7. The minimum Gasteiger partial charge on any atom is -0.484 e. The van der Waals surface area contributed by atoms with Gasteiger partial charge in [-0.3, -0.25) is 14.9 Å². The van der Waals surface area contributed by atoms with Gasteiger partial charge in [0, 0.05) is 17.3 Å². The molecule has 0 heterocycles. The summed E-state index contributed by atoms with van der Waals surface area (Å²) in [6.45, 7) is 0.301. The molecule has 174 valence electrons. The Morgan fingerprint density at radius 3 is 2.25 bits per heavy atom. The van der Waals surface area contributed by atoms with Gasteiger partial charge in [-0.2, -0.15) is 17.6 Å². The van der Waals surface area contributed by atoms with E-state index in [1.165, 1.54) is 0 Å². The zero-order valence-electron chi connectivity index (χ0n) is 16.1. The molecule has 0 bridgehead atoms. The number of amides is 1. The number of hydrogen-bond donors (Lipinski definition) is 2. The lowest BCUT2D eigenvalue weighted by molar-refractivity contribution is -0.388. The van der Waals surface area contributed by atoms with Gasteiger partial charge in [-0.25, -0.2) is 13.2 Å². The largest absolute Gasteiger partial charge is 0.484 e. The van der Waals surface area contributed by atoms with E-state index >= 15 is 0 Å². The molecular weight excluding hydrogens is 457 g/mol. The number of carbonyl (C=O) groups is 1. The van der Waals surface area contributed by atoms with Crippen molar-refractivity contribution >= 4 is 17.3 Å². The highest BCUT2D eigenvalue weighted by Crippen LogP contribution is 2.37. The van der Waals surface area contributed by atoms with Crippen molar-refractivity contribution in [1.82, 2.24) is 0 Å². The zero-order chi connectivity index (χ0) is 24.6. The Bertz CT molecular complexity index is 1060. The summed E-state index contributed by atoms with van der Waals surface area (Å²) < 4.78 is 98.2. The van der Waals surface area contributed by atoms with Crippen molar-refractivity contribution in [2.24, 2.45) is 0 Å². The van der Waals surface area contributed by atoms with Crippen molar-refractivity contribution in [1.29, 1.82) is 0 Å². The molecule has 0 radical (unpaired) electrons. The minimum atomic E-state index is -5.14. The molecule has 0 aromatic heterocycles. The summed E-state index contributed by atoms with van der Waals surface area (Å²) in [5.41, 5.74) is -7.15. The third kappa shape index (κ3) is 4.90. The Morgan fingerprint density at radius 1 is 1.12 bits per heavy atom. The summed E-state index contributed by atoms with van der Waals surface area (Å²) >= 11 is 0. The average molecular weight is 470 g/mol. The van der Waals surface area contributed by atoms with E-state index in [1.807, 2.05) is 5.32 Å². The standard InChI is InChI=1S/C18H13F7N2O5/c1-7-11(19)13(21)14(22)15(12(7)20)32-6-17(2,29)16(28)26-8-3-4-10(27(30)31)9(5-8)18(23,24)25/h3-5,29H,6H2,1-2H3,(H,26,28). The number of anilines is 1. The van der Waals surface area contributed by atoms with Crippen LogP contribution < -0.4 is 10.1 Å². The van der Waals surface area contributed by atoms with Crippen LogP contribution in [0.2, 0.25) is 0 Å². The van der Waals surface area contributed by atoms with E-state index in [0.29, 0.717) is 6.07 Å². The van der Waals surface area contributed by atoms with Gasteiger partial charge in [-0.1, -0.05) is 0 Å². The lowest BCUT2D eigenvalue weighted by Gasteiger charge is -2.23. The number of nitrogens with zero attached hydrogens (tertiary/aromatic N) is 1. The highest BCUT2D eigenvalue weighted by Gasteiger charge is 2.39. The van der Waals surface area contributed by atoms with Crippen LogP contribution >= 0.6 is 0 Å². The number of ether oxygens (including phenoxy) is 1. The molecule has 1 unspecified atom stereocenters. The lowest BCUT2D eigenvalue weighted by atomic mass is 10.1. The molecule has 1 amide bonds. The third-order valence-electron chi connectivity index (χ3n) is 4.19. The summed E-state index contributed by atoms with van der Waals surface area (Å²) in [4.78, 5) is 21.7. The van der Waals surface area contributed by atoms with Gasteiger partial charge in [-0.05, 0) is 26.0 Å². The SMILES string of the molecule is Cc1c(F)c(F)c(F)c(OCC(C)(O)C(=O)Nc2ccc([N+](=O)[O-])c(C(F)(F)F)c2)c1F. The number of nitro groups is 1. The van der Waals surface area contributed by atoms with Gasteiger partial charge in [-0.15, -0.1) is 0 Å². The van der Waals surface area contributed by atoms with Crippen molar-refractivity contribution in [3.8, 4) is 5.75 Å². The number of hydrogen-bond acceptors (Lipinski definition) is 5. The van der Waals surface area contributed by atoms with Crippen LogP contribution in [0.25, 0.3) is 0 Å². The van der Waals surface area contributed by atoms with Crippen molar-refractivity contribution in [2.45, 2.75) is 25.6 Å². The first-order chi connectivity index (χ1) is 14.6. The minimum absolute atomic E-state index is 0.241. The van der Waals surface area contributed by atoms with Crippen LogP contribution in [0.4, 0.5) is 42.1 Å². The molecule has 1 atom stereocenters. The van der Waals surface area contributed by atoms with Gasteiger partial charge < -0.3 is 15.2 Å². The van der Waals surface area contributed by atoms with Gasteiger partial charge in [0.1, 0.15) is 12.2 Å². The summed E-state index contributed by atoms with van der Waals surface area (Å²) in [5.74, 6) is -10.4. The van der Waals surface area contributed by atoms with Crippen LogP contribution in [-0.4, -0.2) is 28.1 Å². The van der Waals surface area contributed by atoms with Gasteiger partial charge >= 0.3 is 6.18 Å². The van der Waals surface area contributed by atoms with Crippen molar-refractivity contribution in [3.63, 3.8) is 0 Å². The summed E-state index contributed by atoms with van der Waals surface area (Å²) in [7, 11) is 0. The smallest absolute Gasteiger partial charge is 0.423 e. The molecule has 0 saturated heterocycles. The molecule has 0 aliphatic rings. The number of nitro benzene ring substituents is 1. The predicted octanol–water partition coefficient (Wildman–Crippen LogP) is 4.25. The Kier molecular flexibility index (Phi) is 6.68. The van der Waals surface area contributed by atoms with E-state index in [-0.39, 0.29) is 6.07 Å². The Labute approximate surface area is 174 Å². The van der Waals surface area contributed by atoms with Crippen LogP contribution in [0.15, 0.2) is 18.2 Å². The average Bonchev–Trinajstić information content (AvgIpc) is 2.69. The maximum atomic E-state index is 14.0. The van der Waals surface area contributed by atoms with Crippen molar-refractivity contribution < 1.29 is 50.3 Å². The number of alkyl halides is 3.